The fourth-order valence-corrected chi connectivity index (χ4v) is 5.21. The summed E-state index contributed by atoms with van der Waals surface area (Å²) in [5.74, 6) is 3.60. The number of aromatic nitrogens is 4. The molecule has 0 aliphatic heterocycles. The molecule has 2 heterocycles. The Morgan fingerprint density at radius 3 is 2.57 bits per heavy atom. The van der Waals surface area contributed by atoms with E-state index in [4.69, 9.17) is 16.6 Å². The Balaban J connectivity index is 1.46. The highest BCUT2D eigenvalue weighted by atomic mass is 35.5. The van der Waals surface area contributed by atoms with Crippen LogP contribution in [0.5, 0.6) is 0 Å². The van der Waals surface area contributed by atoms with E-state index < -0.39 is 0 Å². The van der Waals surface area contributed by atoms with Crippen LogP contribution in [0.25, 0.3) is 22.4 Å². The summed E-state index contributed by atoms with van der Waals surface area (Å²) < 4.78 is 16.5. The van der Waals surface area contributed by atoms with Gasteiger partial charge in [-0.05, 0) is 80.9 Å². The average molecular weight is 427 g/mol. The van der Waals surface area contributed by atoms with Crippen LogP contribution in [0.15, 0.2) is 18.5 Å². The Kier molecular flexibility index (Phi) is 5.26. The molecule has 0 saturated heterocycles. The lowest BCUT2D eigenvalue weighted by Gasteiger charge is -2.16. The third-order valence-electron chi connectivity index (χ3n) is 6.80. The van der Waals surface area contributed by atoms with Crippen LogP contribution in [-0.2, 0) is 13.0 Å². The lowest BCUT2D eigenvalue weighted by atomic mass is 9.92. The summed E-state index contributed by atoms with van der Waals surface area (Å²) >= 11 is 6.44. The quantitative estimate of drug-likeness (QED) is 0.420. The van der Waals surface area contributed by atoms with Crippen molar-refractivity contribution >= 4 is 22.8 Å². The molecular weight excluding hydrogens is 399 g/mol. The van der Waals surface area contributed by atoms with Crippen molar-refractivity contribution in [1.82, 2.24) is 19.5 Å². The van der Waals surface area contributed by atoms with Crippen LogP contribution in [0, 0.1) is 30.5 Å². The molecule has 2 saturated carbocycles. The molecule has 0 unspecified atom stereocenters. The molecular formula is C24H28ClFN4. The number of nitrogens with zero attached hydrogens (tertiary/aromatic N) is 4. The van der Waals surface area contributed by atoms with Crippen molar-refractivity contribution in [2.75, 3.05) is 0 Å². The van der Waals surface area contributed by atoms with E-state index >= 15 is 0 Å². The summed E-state index contributed by atoms with van der Waals surface area (Å²) in [5, 5.41) is 0.484. The number of benzene rings is 1. The first kappa shape index (κ1) is 19.9. The molecule has 6 heteroatoms. The maximum atomic E-state index is 14.3. The molecule has 5 rings (SSSR count). The van der Waals surface area contributed by atoms with Gasteiger partial charge in [0.15, 0.2) is 5.65 Å². The van der Waals surface area contributed by atoms with Crippen molar-refractivity contribution in [3.63, 3.8) is 0 Å². The van der Waals surface area contributed by atoms with Gasteiger partial charge < -0.3 is 4.57 Å². The predicted molar refractivity (Wildman–Crippen MR) is 118 cm³/mol. The van der Waals surface area contributed by atoms with Crippen LogP contribution in [0.1, 0.15) is 56.8 Å². The molecule has 3 aromatic rings. The topological polar surface area (TPSA) is 43.6 Å². The van der Waals surface area contributed by atoms with Gasteiger partial charge in [0.1, 0.15) is 29.2 Å². The average Bonchev–Trinajstić information content (AvgIpc) is 3.66. The maximum absolute atomic E-state index is 14.3. The van der Waals surface area contributed by atoms with E-state index in [1.165, 1.54) is 38.2 Å². The summed E-state index contributed by atoms with van der Waals surface area (Å²) in [6.45, 7) is 4.74. The van der Waals surface area contributed by atoms with Crippen LogP contribution in [-0.4, -0.2) is 19.5 Å². The predicted octanol–water partition coefficient (Wildman–Crippen LogP) is 6.37. The van der Waals surface area contributed by atoms with Gasteiger partial charge in [0, 0.05) is 18.5 Å². The van der Waals surface area contributed by atoms with Gasteiger partial charge in [0.2, 0.25) is 0 Å². The van der Waals surface area contributed by atoms with Gasteiger partial charge in [0.25, 0.3) is 0 Å². The molecule has 1 aromatic carbocycles. The zero-order valence-electron chi connectivity index (χ0n) is 17.7. The van der Waals surface area contributed by atoms with Gasteiger partial charge in [-0.2, -0.15) is 0 Å². The van der Waals surface area contributed by atoms with E-state index in [1.54, 1.807) is 19.3 Å². The van der Waals surface area contributed by atoms with Crippen molar-refractivity contribution in [2.24, 2.45) is 17.8 Å². The number of aryl methyl sites for hydroxylation is 3. The van der Waals surface area contributed by atoms with E-state index in [0.717, 1.165) is 48.6 Å². The SMILES string of the molecule is CCc1nc2c(-c3cc(F)c(C)cc3Cl)ncnc2n1CCCC(C1CC1)C1CC1. The van der Waals surface area contributed by atoms with Crippen LogP contribution >= 0.6 is 11.6 Å². The second-order valence-corrected chi connectivity index (χ2v) is 9.40. The lowest BCUT2D eigenvalue weighted by molar-refractivity contribution is 0.357. The molecule has 4 nitrogen and oxygen atoms in total. The van der Waals surface area contributed by atoms with Crippen molar-refractivity contribution in [3.8, 4) is 11.3 Å². The van der Waals surface area contributed by atoms with E-state index in [-0.39, 0.29) is 5.82 Å². The second-order valence-electron chi connectivity index (χ2n) is 8.99. The van der Waals surface area contributed by atoms with Gasteiger partial charge in [-0.25, -0.2) is 19.3 Å². The fourth-order valence-electron chi connectivity index (χ4n) is 4.90. The molecule has 2 aliphatic carbocycles. The molecule has 2 aromatic heterocycles. The highest BCUT2D eigenvalue weighted by Gasteiger charge is 2.40. The van der Waals surface area contributed by atoms with Crippen LogP contribution < -0.4 is 0 Å². The third kappa shape index (κ3) is 3.73. The normalized spacial score (nSPS) is 16.7. The molecule has 0 radical (unpaired) electrons. The summed E-state index contributed by atoms with van der Waals surface area (Å²) in [7, 11) is 0. The Labute approximate surface area is 181 Å². The van der Waals surface area contributed by atoms with Crippen molar-refractivity contribution in [3.05, 3.63) is 40.7 Å². The molecule has 0 spiro atoms. The van der Waals surface area contributed by atoms with E-state index in [1.807, 2.05) is 0 Å². The van der Waals surface area contributed by atoms with Crippen LogP contribution in [0.4, 0.5) is 4.39 Å². The monoisotopic (exact) mass is 426 g/mol. The fraction of sp³-hybridized carbons (Fsp3) is 0.542. The smallest absolute Gasteiger partial charge is 0.164 e. The Hall–Kier alpha value is -2.01. The number of rotatable bonds is 8. The molecule has 2 aliphatic rings. The first-order chi connectivity index (χ1) is 14.6. The number of hydrogen-bond acceptors (Lipinski definition) is 3. The molecule has 0 N–H and O–H groups in total. The van der Waals surface area contributed by atoms with Gasteiger partial charge in [-0.1, -0.05) is 18.5 Å². The van der Waals surface area contributed by atoms with Crippen LogP contribution in [0.3, 0.4) is 0 Å². The Bertz CT molecular complexity index is 1070. The number of fused-ring (bicyclic) bond motifs is 1. The first-order valence-electron chi connectivity index (χ1n) is 11.2. The summed E-state index contributed by atoms with van der Waals surface area (Å²) in [5.41, 5.74) is 3.23. The highest BCUT2D eigenvalue weighted by molar-refractivity contribution is 6.33. The van der Waals surface area contributed by atoms with Gasteiger partial charge >= 0.3 is 0 Å². The van der Waals surface area contributed by atoms with E-state index in [0.29, 0.717) is 27.4 Å². The minimum atomic E-state index is -0.289. The van der Waals surface area contributed by atoms with Crippen molar-refractivity contribution in [1.29, 1.82) is 0 Å². The highest BCUT2D eigenvalue weighted by Crippen LogP contribution is 2.51. The molecule has 0 atom stereocenters. The minimum absolute atomic E-state index is 0.289. The summed E-state index contributed by atoms with van der Waals surface area (Å²) in [6.07, 6.45) is 10.5. The Morgan fingerprint density at radius 2 is 1.90 bits per heavy atom. The van der Waals surface area contributed by atoms with E-state index in [9.17, 15) is 4.39 Å². The van der Waals surface area contributed by atoms with Gasteiger partial charge in [-0.3, -0.25) is 0 Å². The standard InChI is InChI=1S/C24H28ClFN4/c1-3-21-29-23-22(18-12-20(26)14(2)11-19(18)25)27-13-28-24(23)30(21)10-4-5-17(15-6-7-15)16-8-9-16/h11-13,15-17H,3-10H2,1-2H3. The molecule has 2 fully saturated rings. The summed E-state index contributed by atoms with van der Waals surface area (Å²) in [6, 6.07) is 3.10. The van der Waals surface area contributed by atoms with Crippen LogP contribution in [0.2, 0.25) is 5.02 Å². The molecule has 0 bridgehead atoms. The molecule has 0 amide bonds. The van der Waals surface area contributed by atoms with Crippen molar-refractivity contribution in [2.45, 2.75) is 65.3 Å². The lowest BCUT2D eigenvalue weighted by Crippen LogP contribution is -2.10. The number of imidazole rings is 1. The second kappa shape index (κ2) is 7.92. The summed E-state index contributed by atoms with van der Waals surface area (Å²) in [4.78, 5) is 13.8. The largest absolute Gasteiger partial charge is 0.313 e. The Morgan fingerprint density at radius 1 is 1.17 bits per heavy atom. The minimum Gasteiger partial charge on any atom is -0.313 e. The zero-order chi connectivity index (χ0) is 20.8. The van der Waals surface area contributed by atoms with Gasteiger partial charge in [-0.15, -0.1) is 0 Å². The van der Waals surface area contributed by atoms with E-state index in [2.05, 4.69) is 21.5 Å². The third-order valence-corrected chi connectivity index (χ3v) is 7.12. The maximum Gasteiger partial charge on any atom is 0.164 e. The van der Waals surface area contributed by atoms with Crippen molar-refractivity contribution < 1.29 is 4.39 Å². The molecule has 30 heavy (non-hydrogen) atoms. The zero-order valence-corrected chi connectivity index (χ0v) is 18.4. The molecule has 158 valence electrons. The number of halogens is 2. The first-order valence-corrected chi connectivity index (χ1v) is 11.6. The number of hydrogen-bond donors (Lipinski definition) is 0. The van der Waals surface area contributed by atoms with Gasteiger partial charge in [0.05, 0.1) is 5.02 Å².